The molecule has 5 heteroatoms. The molecule has 2 aromatic rings. The molecule has 0 saturated carbocycles. The normalized spacial score (nSPS) is 10.2. The van der Waals surface area contributed by atoms with Gasteiger partial charge in [-0.2, -0.15) is 0 Å². The summed E-state index contributed by atoms with van der Waals surface area (Å²) in [6.07, 6.45) is 1.62. The van der Waals surface area contributed by atoms with Gasteiger partial charge in [0.1, 0.15) is 11.7 Å². The summed E-state index contributed by atoms with van der Waals surface area (Å²) in [5.74, 6) is 0.923. The van der Waals surface area contributed by atoms with Crippen LogP contribution in [0.15, 0.2) is 42.6 Å². The SMILES string of the molecule is CN(Cc1cccc(C(=N)N)c1)c1ccc(Cl)cn1. The predicted octanol–water partition coefficient (Wildman–Crippen LogP) is 2.66. The Morgan fingerprint density at radius 1 is 1.37 bits per heavy atom. The van der Waals surface area contributed by atoms with Gasteiger partial charge < -0.3 is 10.6 Å². The summed E-state index contributed by atoms with van der Waals surface area (Å²) in [6, 6.07) is 11.3. The quantitative estimate of drug-likeness (QED) is 0.665. The average Bonchev–Trinajstić information content (AvgIpc) is 2.39. The highest BCUT2D eigenvalue weighted by Crippen LogP contribution is 2.15. The van der Waals surface area contributed by atoms with E-state index in [4.69, 9.17) is 22.7 Å². The first kappa shape index (κ1) is 13.4. The van der Waals surface area contributed by atoms with E-state index in [9.17, 15) is 0 Å². The number of aromatic nitrogens is 1. The molecule has 0 amide bonds. The van der Waals surface area contributed by atoms with Crippen LogP contribution < -0.4 is 10.6 Å². The molecule has 0 fully saturated rings. The van der Waals surface area contributed by atoms with Crippen LogP contribution in [0.3, 0.4) is 0 Å². The molecule has 0 radical (unpaired) electrons. The summed E-state index contributed by atoms with van der Waals surface area (Å²) >= 11 is 5.81. The van der Waals surface area contributed by atoms with Gasteiger partial charge in [-0.15, -0.1) is 0 Å². The van der Waals surface area contributed by atoms with Crippen LogP contribution in [0.1, 0.15) is 11.1 Å². The molecule has 0 saturated heterocycles. The molecule has 0 unspecified atom stereocenters. The summed E-state index contributed by atoms with van der Waals surface area (Å²) in [6.45, 7) is 0.690. The second kappa shape index (κ2) is 5.71. The number of halogens is 1. The molecule has 3 N–H and O–H groups in total. The van der Waals surface area contributed by atoms with E-state index >= 15 is 0 Å². The summed E-state index contributed by atoms with van der Waals surface area (Å²) < 4.78 is 0. The fourth-order valence-corrected chi connectivity index (χ4v) is 1.90. The highest BCUT2D eigenvalue weighted by atomic mass is 35.5. The molecule has 0 aliphatic heterocycles. The van der Waals surface area contributed by atoms with Crippen LogP contribution in [0, 0.1) is 5.41 Å². The van der Waals surface area contributed by atoms with E-state index in [-0.39, 0.29) is 5.84 Å². The first-order chi connectivity index (χ1) is 9.06. The monoisotopic (exact) mass is 274 g/mol. The number of hydrogen-bond acceptors (Lipinski definition) is 3. The minimum Gasteiger partial charge on any atom is -0.384 e. The van der Waals surface area contributed by atoms with E-state index in [2.05, 4.69) is 4.98 Å². The van der Waals surface area contributed by atoms with Gasteiger partial charge in [-0.25, -0.2) is 4.98 Å². The van der Waals surface area contributed by atoms with E-state index in [0.29, 0.717) is 11.6 Å². The number of nitrogens with one attached hydrogen (secondary N) is 1. The van der Waals surface area contributed by atoms with Crippen molar-refractivity contribution in [1.82, 2.24) is 4.98 Å². The van der Waals surface area contributed by atoms with Gasteiger partial charge in [0.15, 0.2) is 0 Å². The van der Waals surface area contributed by atoms with Crippen LogP contribution in [-0.4, -0.2) is 17.9 Å². The number of benzene rings is 1. The molecule has 1 heterocycles. The Labute approximate surface area is 117 Å². The zero-order chi connectivity index (χ0) is 13.8. The topological polar surface area (TPSA) is 66.0 Å². The van der Waals surface area contributed by atoms with Crippen LogP contribution >= 0.6 is 11.6 Å². The molecule has 4 nitrogen and oxygen atoms in total. The van der Waals surface area contributed by atoms with Gasteiger partial charge in [-0.05, 0) is 23.8 Å². The van der Waals surface area contributed by atoms with E-state index in [1.165, 1.54) is 0 Å². The lowest BCUT2D eigenvalue weighted by Crippen LogP contribution is -2.18. The second-order valence-corrected chi connectivity index (χ2v) is 4.74. The Kier molecular flexibility index (Phi) is 4.02. The maximum absolute atomic E-state index is 7.44. The zero-order valence-corrected chi connectivity index (χ0v) is 11.4. The van der Waals surface area contributed by atoms with Crippen molar-refractivity contribution in [3.63, 3.8) is 0 Å². The molecule has 1 aromatic carbocycles. The van der Waals surface area contributed by atoms with E-state index in [1.54, 1.807) is 6.20 Å². The number of rotatable bonds is 4. The number of hydrogen-bond donors (Lipinski definition) is 2. The van der Waals surface area contributed by atoms with Crippen molar-refractivity contribution in [2.75, 3.05) is 11.9 Å². The van der Waals surface area contributed by atoms with Gasteiger partial charge in [0.25, 0.3) is 0 Å². The second-order valence-electron chi connectivity index (χ2n) is 4.30. The number of nitrogens with zero attached hydrogens (tertiary/aromatic N) is 2. The highest BCUT2D eigenvalue weighted by molar-refractivity contribution is 6.30. The third kappa shape index (κ3) is 3.45. The molecule has 19 heavy (non-hydrogen) atoms. The predicted molar refractivity (Wildman–Crippen MR) is 78.8 cm³/mol. The lowest BCUT2D eigenvalue weighted by atomic mass is 10.1. The average molecular weight is 275 g/mol. The van der Waals surface area contributed by atoms with Crippen LogP contribution in [0.2, 0.25) is 5.02 Å². The minimum atomic E-state index is 0.0779. The molecule has 0 aliphatic carbocycles. The molecule has 0 aliphatic rings. The van der Waals surface area contributed by atoms with Crippen LogP contribution in [0.5, 0.6) is 0 Å². The van der Waals surface area contributed by atoms with Crippen molar-refractivity contribution in [2.45, 2.75) is 6.54 Å². The Morgan fingerprint density at radius 2 is 2.16 bits per heavy atom. The first-order valence-electron chi connectivity index (χ1n) is 5.82. The van der Waals surface area contributed by atoms with Crippen molar-refractivity contribution in [3.05, 3.63) is 58.7 Å². The summed E-state index contributed by atoms with van der Waals surface area (Å²) in [5, 5.41) is 8.06. The number of anilines is 1. The number of amidine groups is 1. The van der Waals surface area contributed by atoms with Gasteiger partial charge in [0.05, 0.1) is 5.02 Å². The molecule has 0 atom stereocenters. The van der Waals surface area contributed by atoms with Crippen LogP contribution in [-0.2, 0) is 6.54 Å². The maximum atomic E-state index is 7.44. The third-order valence-electron chi connectivity index (χ3n) is 2.76. The summed E-state index contributed by atoms with van der Waals surface area (Å²) in [7, 11) is 1.96. The van der Waals surface area contributed by atoms with Crippen molar-refractivity contribution in [2.24, 2.45) is 5.73 Å². The van der Waals surface area contributed by atoms with Gasteiger partial charge in [-0.3, -0.25) is 5.41 Å². The zero-order valence-electron chi connectivity index (χ0n) is 10.6. The van der Waals surface area contributed by atoms with Crippen molar-refractivity contribution in [1.29, 1.82) is 5.41 Å². The van der Waals surface area contributed by atoms with E-state index in [1.807, 2.05) is 48.3 Å². The minimum absolute atomic E-state index is 0.0779. The maximum Gasteiger partial charge on any atom is 0.128 e. The standard InChI is InChI=1S/C14H15ClN4/c1-19(13-6-5-12(15)8-18-13)9-10-3-2-4-11(7-10)14(16)17/h2-8H,9H2,1H3,(H3,16,17). The lowest BCUT2D eigenvalue weighted by molar-refractivity contribution is 0.898. The molecular weight excluding hydrogens is 260 g/mol. The van der Waals surface area contributed by atoms with E-state index in [0.717, 1.165) is 16.9 Å². The van der Waals surface area contributed by atoms with Gasteiger partial charge >= 0.3 is 0 Å². The smallest absolute Gasteiger partial charge is 0.128 e. The Hall–Kier alpha value is -2.07. The number of nitrogen functional groups attached to an aromatic ring is 1. The van der Waals surface area contributed by atoms with Gasteiger partial charge in [0.2, 0.25) is 0 Å². The largest absolute Gasteiger partial charge is 0.384 e. The molecule has 1 aromatic heterocycles. The number of nitrogens with two attached hydrogens (primary N) is 1. The van der Waals surface area contributed by atoms with E-state index < -0.39 is 0 Å². The third-order valence-corrected chi connectivity index (χ3v) is 2.98. The van der Waals surface area contributed by atoms with Crippen molar-refractivity contribution in [3.8, 4) is 0 Å². The Morgan fingerprint density at radius 3 is 2.79 bits per heavy atom. The fraction of sp³-hybridized carbons (Fsp3) is 0.143. The first-order valence-corrected chi connectivity index (χ1v) is 6.20. The van der Waals surface area contributed by atoms with Crippen molar-refractivity contribution < 1.29 is 0 Å². The lowest BCUT2D eigenvalue weighted by Gasteiger charge is -2.18. The summed E-state index contributed by atoms with van der Waals surface area (Å²) in [5.41, 5.74) is 7.29. The molecular formula is C14H15ClN4. The van der Waals surface area contributed by atoms with Crippen LogP contribution in [0.4, 0.5) is 5.82 Å². The van der Waals surface area contributed by atoms with Gasteiger partial charge in [0, 0.05) is 25.4 Å². The molecule has 0 bridgehead atoms. The fourth-order valence-electron chi connectivity index (χ4n) is 1.79. The highest BCUT2D eigenvalue weighted by Gasteiger charge is 2.05. The molecule has 0 spiro atoms. The number of pyridine rings is 1. The summed E-state index contributed by atoms with van der Waals surface area (Å²) in [4.78, 5) is 6.27. The molecule has 2 rings (SSSR count). The molecule has 98 valence electrons. The Bertz CT molecular complexity index is 580. The Balaban J connectivity index is 2.14. The van der Waals surface area contributed by atoms with Gasteiger partial charge in [-0.1, -0.05) is 29.8 Å². The van der Waals surface area contributed by atoms with Crippen LogP contribution in [0.25, 0.3) is 0 Å². The van der Waals surface area contributed by atoms with Crippen molar-refractivity contribution >= 4 is 23.3 Å².